The molecule has 2 atom stereocenters. The van der Waals surface area contributed by atoms with Crippen molar-refractivity contribution < 1.29 is 43.0 Å². The van der Waals surface area contributed by atoms with Gasteiger partial charge in [0.2, 0.25) is 5.60 Å². The number of ether oxygens (including phenoxy) is 4. The van der Waals surface area contributed by atoms with E-state index in [4.69, 9.17) is 28.8 Å². The first kappa shape index (κ1) is 59.2. The number of nitrogens with zero attached hydrogens (tertiary/aromatic N) is 5. The van der Waals surface area contributed by atoms with Crippen LogP contribution in [-0.2, 0) is 55.0 Å². The third-order valence-corrected chi connectivity index (χ3v) is 16.1. The summed E-state index contributed by atoms with van der Waals surface area (Å²) in [5, 5.41) is 20.0. The Bertz CT molecular complexity index is 3530. The van der Waals surface area contributed by atoms with Gasteiger partial charge in [0.25, 0.3) is 11.8 Å². The second-order valence-electron chi connectivity index (χ2n) is 20.5. The number of allylic oxidation sites excluding steroid dienone is 1. The van der Waals surface area contributed by atoms with Crippen LogP contribution >= 0.6 is 34.9 Å². The van der Waals surface area contributed by atoms with E-state index in [0.29, 0.717) is 21.8 Å². The summed E-state index contributed by atoms with van der Waals surface area (Å²) in [5.41, 5.74) is -1.39. The van der Waals surface area contributed by atoms with E-state index in [0.717, 1.165) is 33.0 Å². The summed E-state index contributed by atoms with van der Waals surface area (Å²) < 4.78 is 23.7. The number of hydrogen-bond acceptors (Lipinski definition) is 18. The van der Waals surface area contributed by atoms with Crippen LogP contribution < -0.4 is 21.8 Å². The molecule has 1 fully saturated rings. The Balaban J connectivity index is 1.06. The van der Waals surface area contributed by atoms with E-state index in [2.05, 4.69) is 26.0 Å². The highest BCUT2D eigenvalue weighted by molar-refractivity contribution is 8.02. The molecule has 5 aromatic carbocycles. The minimum Gasteiger partial charge on any atom is -0.457 e. The number of thioether (sulfide) groups is 2. The number of H-pyrrole nitrogens is 1. The van der Waals surface area contributed by atoms with E-state index in [1.807, 2.05) is 152 Å². The Morgan fingerprint density at radius 1 is 0.795 bits per heavy atom. The van der Waals surface area contributed by atoms with E-state index in [-0.39, 0.29) is 34.6 Å². The number of esters is 2. The van der Waals surface area contributed by atoms with Crippen molar-refractivity contribution in [3.8, 4) is 0 Å². The number of methoxy groups -OCH3 is 2. The zero-order valence-corrected chi connectivity index (χ0v) is 48.8. The van der Waals surface area contributed by atoms with Crippen molar-refractivity contribution in [1.29, 1.82) is 0 Å². The molecule has 428 valence electrons. The fourth-order valence-corrected chi connectivity index (χ4v) is 11.9. The number of carbonyl (C=O) groups is 4. The SMILES string of the molecule is COC(Cn1c(S/C=C/C2=C(C(=O)OC(c3ccccc3)c3ccccc3)N3C(=O)C(NC(=O)/C(=N\OC(C)(C)C(=O)OC(C)(C)C)c4csc(NC(c5ccccc5)(c5ccccc5)c5ccccc5)n4)C3SC2)n[nH]c(=O)c1=O)OC. The number of β-lactam (4-membered cyclic amide) rings is 1. The van der Waals surface area contributed by atoms with Crippen molar-refractivity contribution in [3.63, 3.8) is 0 Å². The summed E-state index contributed by atoms with van der Waals surface area (Å²) in [5.74, 6) is -2.97. The molecule has 0 saturated carbocycles. The standard InChI is InChI=1S/C61H60N8O11S3/c1-59(2,3)79-56(75)60(4,5)80-67-46(44-37-83-57(62-44)64-61(41-27-17-10-18-28-41,42-29-19-11-20-30-42)43-31-21-12-22-32-43)50(70)63-47-52(72)69-48(55(74)78-49(38-23-13-8-14-24-38)39-25-15-9-16-26-39)40(36-82-54(47)69)33-34-81-58-66-65-51(71)53(73)68(58)35-45(76-6)77-7/h8-34,37,45,47,49,54H,35-36H2,1-7H3,(H,62,64)(H,63,70)(H,65,71)/b34-33+,67-46-. The number of thiazole rings is 1. The van der Waals surface area contributed by atoms with Crippen molar-refractivity contribution in [2.24, 2.45) is 5.16 Å². The number of nitrogens with one attached hydrogen (secondary N) is 3. The number of oxime groups is 1. The number of fused-ring (bicyclic) bond motifs is 1. The van der Waals surface area contributed by atoms with Gasteiger partial charge >= 0.3 is 23.1 Å². The van der Waals surface area contributed by atoms with Gasteiger partial charge in [-0.2, -0.15) is 0 Å². The number of anilines is 1. The van der Waals surface area contributed by atoms with E-state index in [1.165, 1.54) is 56.1 Å². The van der Waals surface area contributed by atoms with Crippen LogP contribution in [0.2, 0.25) is 0 Å². The number of amides is 2. The Morgan fingerprint density at radius 2 is 1.34 bits per heavy atom. The second kappa shape index (κ2) is 25.8. The van der Waals surface area contributed by atoms with Gasteiger partial charge < -0.3 is 34.4 Å². The maximum absolute atomic E-state index is 15.0. The third kappa shape index (κ3) is 13.3. The molecule has 22 heteroatoms. The molecule has 2 amide bonds. The molecule has 2 unspecified atom stereocenters. The van der Waals surface area contributed by atoms with Gasteiger partial charge in [0.15, 0.2) is 28.4 Å². The van der Waals surface area contributed by atoms with Crippen LogP contribution in [0.5, 0.6) is 0 Å². The minimum absolute atomic E-state index is 0.0577. The Morgan fingerprint density at radius 3 is 1.87 bits per heavy atom. The van der Waals surface area contributed by atoms with Gasteiger partial charge in [0.05, 0.1) is 6.54 Å². The predicted molar refractivity (Wildman–Crippen MR) is 317 cm³/mol. The quantitative estimate of drug-likeness (QED) is 0.00843. The van der Waals surface area contributed by atoms with Crippen LogP contribution in [0, 0.1) is 0 Å². The van der Waals surface area contributed by atoms with Gasteiger partial charge in [-0.05, 0) is 79.5 Å². The summed E-state index contributed by atoms with van der Waals surface area (Å²) in [7, 11) is 2.78. The molecule has 2 aliphatic heterocycles. The molecule has 19 nitrogen and oxygen atoms in total. The lowest BCUT2D eigenvalue weighted by Crippen LogP contribution is -2.71. The third-order valence-electron chi connectivity index (χ3n) is 13.3. The molecule has 83 heavy (non-hydrogen) atoms. The molecule has 3 N–H and O–H groups in total. The number of benzene rings is 5. The summed E-state index contributed by atoms with van der Waals surface area (Å²) >= 11 is 3.44. The highest BCUT2D eigenvalue weighted by Gasteiger charge is 2.55. The first-order valence-corrected chi connectivity index (χ1v) is 29.0. The first-order chi connectivity index (χ1) is 39.9. The van der Waals surface area contributed by atoms with Crippen LogP contribution in [0.25, 0.3) is 0 Å². The molecule has 2 aliphatic rings. The molecule has 4 heterocycles. The molecule has 7 aromatic rings. The van der Waals surface area contributed by atoms with Crippen molar-refractivity contribution in [1.82, 2.24) is 30.0 Å². The average molecular weight is 1180 g/mol. The van der Waals surface area contributed by atoms with Gasteiger partial charge in [0.1, 0.15) is 33.9 Å². The number of rotatable bonds is 22. The Labute approximate surface area is 491 Å². The number of aromatic nitrogens is 4. The van der Waals surface area contributed by atoms with Gasteiger partial charge in [-0.25, -0.2) is 19.7 Å². The monoisotopic (exact) mass is 1180 g/mol. The van der Waals surface area contributed by atoms with Crippen molar-refractivity contribution in [3.05, 3.63) is 234 Å². The lowest BCUT2D eigenvalue weighted by atomic mass is 9.77. The van der Waals surface area contributed by atoms with E-state index >= 15 is 0 Å². The lowest BCUT2D eigenvalue weighted by molar-refractivity contribution is -0.179. The van der Waals surface area contributed by atoms with Crippen LogP contribution in [0.15, 0.2) is 200 Å². The highest BCUT2D eigenvalue weighted by atomic mass is 32.2. The van der Waals surface area contributed by atoms with E-state index < -0.39 is 75.4 Å². The molecule has 0 aliphatic carbocycles. The number of aromatic amines is 1. The average Bonchev–Trinajstić information content (AvgIpc) is 3.50. The van der Waals surface area contributed by atoms with Gasteiger partial charge in [0, 0.05) is 25.4 Å². The fourth-order valence-electron chi connectivity index (χ4n) is 9.14. The normalized spacial score (nSPS) is 15.7. The van der Waals surface area contributed by atoms with Crippen LogP contribution in [0.1, 0.15) is 74.2 Å². The summed E-state index contributed by atoms with van der Waals surface area (Å²) in [6.07, 6.45) is -0.186. The number of carbonyl (C=O) groups excluding carboxylic acids is 4. The summed E-state index contributed by atoms with van der Waals surface area (Å²) in [6, 6.07) is 46.8. The zero-order chi connectivity index (χ0) is 58.9. The lowest BCUT2D eigenvalue weighted by Gasteiger charge is -2.49. The fraction of sp³-hybridized carbons (Fsp3) is 0.262. The van der Waals surface area contributed by atoms with Crippen molar-refractivity contribution in [2.45, 2.75) is 86.9 Å². The summed E-state index contributed by atoms with van der Waals surface area (Å²) in [4.78, 5) is 95.8. The second-order valence-corrected chi connectivity index (χ2v) is 23.3. The molecule has 0 spiro atoms. The largest absolute Gasteiger partial charge is 0.457 e. The zero-order valence-electron chi connectivity index (χ0n) is 46.3. The molecule has 9 rings (SSSR count). The maximum atomic E-state index is 15.0. The van der Waals surface area contributed by atoms with E-state index in [1.54, 1.807) is 37.6 Å². The highest BCUT2D eigenvalue weighted by Crippen LogP contribution is 2.44. The molecular formula is C61H60N8O11S3. The van der Waals surface area contributed by atoms with Crippen LogP contribution in [0.3, 0.4) is 0 Å². The molecular weight excluding hydrogens is 1120 g/mol. The van der Waals surface area contributed by atoms with E-state index in [9.17, 15) is 28.8 Å². The summed E-state index contributed by atoms with van der Waals surface area (Å²) in [6.45, 7) is 7.90. The molecule has 0 bridgehead atoms. The smallest absolute Gasteiger partial charge is 0.356 e. The van der Waals surface area contributed by atoms with Gasteiger partial charge in [-0.3, -0.25) is 28.6 Å². The molecule has 2 aromatic heterocycles. The Hall–Kier alpha value is -8.41. The van der Waals surface area contributed by atoms with Gasteiger partial charge in [-0.15, -0.1) is 28.2 Å². The van der Waals surface area contributed by atoms with Crippen molar-refractivity contribution >= 4 is 69.5 Å². The molecule has 0 radical (unpaired) electrons. The van der Waals surface area contributed by atoms with Crippen LogP contribution in [-0.4, -0.2) is 103 Å². The Kier molecular flexibility index (Phi) is 18.4. The minimum atomic E-state index is -1.71. The maximum Gasteiger partial charge on any atom is 0.356 e. The first-order valence-electron chi connectivity index (χ1n) is 26.2. The predicted octanol–water partition coefficient (Wildman–Crippen LogP) is 8.54. The van der Waals surface area contributed by atoms with Gasteiger partial charge in [-0.1, -0.05) is 169 Å². The molecule has 1 saturated heterocycles. The topological polar surface area (TPSA) is 235 Å². The van der Waals surface area contributed by atoms with Crippen molar-refractivity contribution in [2.75, 3.05) is 25.3 Å². The number of hydrogen-bond donors (Lipinski definition) is 3. The van der Waals surface area contributed by atoms with Crippen LogP contribution in [0.4, 0.5) is 5.13 Å².